The van der Waals surface area contributed by atoms with E-state index in [-0.39, 0.29) is 32.1 Å². The molecule has 50 heavy (non-hydrogen) atoms. The summed E-state index contributed by atoms with van der Waals surface area (Å²) in [4.78, 5) is 24.0. The van der Waals surface area contributed by atoms with Crippen LogP contribution in [0, 0.1) is 20.2 Å². The maximum atomic E-state index is 12.3. The number of aromatic nitrogens is 2. The normalized spacial score (nSPS) is 12.9. The molecule has 0 amide bonds. The van der Waals surface area contributed by atoms with Crippen molar-refractivity contribution in [1.29, 1.82) is 0 Å². The molecule has 0 aliphatic carbocycles. The van der Waals surface area contributed by atoms with Crippen LogP contribution in [0.3, 0.4) is 0 Å². The largest absolute Gasteiger partial charge is 0.312 e. The number of nitrogens with zero attached hydrogens (tertiary/aromatic N) is 4. The van der Waals surface area contributed by atoms with E-state index in [9.17, 15) is 20.2 Å². The third-order valence-electron chi connectivity index (χ3n) is 10.4. The van der Waals surface area contributed by atoms with Gasteiger partial charge in [-0.1, -0.05) is 90.1 Å². The summed E-state index contributed by atoms with van der Waals surface area (Å²) in [6.45, 7) is 13.3. The molecule has 0 unspecified atom stereocenters. The Hall–Kier alpha value is -6.02. The van der Waals surface area contributed by atoms with Crippen molar-refractivity contribution in [2.45, 2.75) is 52.4 Å². The number of rotatable bonds is 4. The number of para-hydroxylation sites is 2. The predicted octanol–water partition coefficient (Wildman–Crippen LogP) is 11.4. The Bertz CT molecular complexity index is 2700. The zero-order valence-corrected chi connectivity index (χ0v) is 28.7. The van der Waals surface area contributed by atoms with E-state index in [0.29, 0.717) is 11.1 Å². The molecule has 0 radical (unpaired) electrons. The molecule has 9 aromatic rings. The SMILES string of the molecule is CC(C)(C)c1cc2ccc(-c3ccccc3[N+](=O)[O-])c3c4cc5c6c(-c7ccccc7[N+](=O)[O-])ccc7cc(C(C)(C)C)n(c5cc4n1c23)c76. The van der Waals surface area contributed by atoms with Crippen LogP contribution in [-0.2, 0) is 10.8 Å². The van der Waals surface area contributed by atoms with E-state index in [2.05, 4.69) is 86.7 Å². The van der Waals surface area contributed by atoms with Gasteiger partial charge in [-0.25, -0.2) is 0 Å². The van der Waals surface area contributed by atoms with Crippen molar-refractivity contribution < 1.29 is 9.85 Å². The van der Waals surface area contributed by atoms with Gasteiger partial charge in [-0.3, -0.25) is 20.2 Å². The van der Waals surface area contributed by atoms with Crippen molar-refractivity contribution in [3.63, 3.8) is 0 Å². The van der Waals surface area contributed by atoms with Gasteiger partial charge in [-0.15, -0.1) is 0 Å². The lowest BCUT2D eigenvalue weighted by Gasteiger charge is -2.19. The van der Waals surface area contributed by atoms with E-state index in [4.69, 9.17) is 0 Å². The van der Waals surface area contributed by atoms with Crippen LogP contribution in [0.25, 0.3) is 76.6 Å². The summed E-state index contributed by atoms with van der Waals surface area (Å²) < 4.78 is 4.70. The highest BCUT2D eigenvalue weighted by atomic mass is 16.6. The average molecular weight is 659 g/mol. The molecule has 9 rings (SSSR count). The Balaban J connectivity index is 1.54. The zero-order chi connectivity index (χ0) is 35.0. The van der Waals surface area contributed by atoms with Crippen LogP contribution in [0.4, 0.5) is 11.4 Å². The van der Waals surface area contributed by atoms with E-state index >= 15 is 0 Å². The summed E-state index contributed by atoms with van der Waals surface area (Å²) in [5, 5.41) is 30.7. The lowest BCUT2D eigenvalue weighted by atomic mass is 9.91. The maximum Gasteiger partial charge on any atom is 0.277 e. The molecule has 0 atom stereocenters. The van der Waals surface area contributed by atoms with Crippen molar-refractivity contribution in [1.82, 2.24) is 8.80 Å². The van der Waals surface area contributed by atoms with Gasteiger partial charge in [-0.2, -0.15) is 0 Å². The molecule has 0 bridgehead atoms. The molecule has 0 aliphatic rings. The van der Waals surface area contributed by atoms with Crippen LogP contribution >= 0.6 is 0 Å². The molecule has 4 aromatic heterocycles. The number of hydrogen-bond donors (Lipinski definition) is 0. The molecule has 4 heterocycles. The number of hydrogen-bond acceptors (Lipinski definition) is 4. The van der Waals surface area contributed by atoms with Crippen molar-refractivity contribution in [2.75, 3.05) is 0 Å². The van der Waals surface area contributed by atoms with Gasteiger partial charge in [0.05, 0.1) is 43.0 Å². The van der Waals surface area contributed by atoms with Gasteiger partial charge >= 0.3 is 0 Å². The summed E-state index contributed by atoms with van der Waals surface area (Å²) in [5.74, 6) is 0. The number of fused-ring (bicyclic) bond motifs is 6. The number of benzene rings is 5. The Labute approximate surface area is 287 Å². The molecular weight excluding hydrogens is 624 g/mol. The van der Waals surface area contributed by atoms with Crippen molar-refractivity contribution in [3.05, 3.63) is 129 Å². The van der Waals surface area contributed by atoms with E-state index in [1.807, 2.05) is 36.4 Å². The van der Waals surface area contributed by atoms with Gasteiger partial charge in [0.1, 0.15) is 0 Å². The highest BCUT2D eigenvalue weighted by molar-refractivity contribution is 6.28. The quantitative estimate of drug-likeness (QED) is 0.139. The fourth-order valence-electron chi connectivity index (χ4n) is 8.26. The Morgan fingerprint density at radius 2 is 0.900 bits per heavy atom. The first-order valence-corrected chi connectivity index (χ1v) is 16.8. The van der Waals surface area contributed by atoms with Crippen LogP contribution in [0.5, 0.6) is 0 Å². The van der Waals surface area contributed by atoms with Crippen LogP contribution in [0.2, 0.25) is 0 Å². The zero-order valence-electron chi connectivity index (χ0n) is 28.7. The maximum absolute atomic E-state index is 12.3. The molecule has 8 heteroatoms. The fourth-order valence-corrected chi connectivity index (χ4v) is 8.26. The Kier molecular flexibility index (Phi) is 5.88. The monoisotopic (exact) mass is 658 g/mol. The van der Waals surface area contributed by atoms with Crippen molar-refractivity contribution in [3.8, 4) is 22.3 Å². The first kappa shape index (κ1) is 30.1. The van der Waals surface area contributed by atoms with Crippen LogP contribution in [0.1, 0.15) is 52.9 Å². The third-order valence-corrected chi connectivity index (χ3v) is 10.4. The fraction of sp³-hybridized carbons (Fsp3) is 0.190. The minimum absolute atomic E-state index is 0.0565. The molecule has 8 nitrogen and oxygen atoms in total. The topological polar surface area (TPSA) is 95.1 Å². The molecule has 0 aliphatic heterocycles. The lowest BCUT2D eigenvalue weighted by molar-refractivity contribution is -0.384. The van der Waals surface area contributed by atoms with Crippen molar-refractivity contribution >= 4 is 65.8 Å². The van der Waals surface area contributed by atoms with E-state index in [1.165, 1.54) is 0 Å². The molecule has 0 N–H and O–H groups in total. The summed E-state index contributed by atoms with van der Waals surface area (Å²) in [7, 11) is 0. The van der Waals surface area contributed by atoms with Crippen molar-refractivity contribution in [2.24, 2.45) is 0 Å². The van der Waals surface area contributed by atoms with Crippen LogP contribution in [0.15, 0.2) is 97.1 Å². The minimum Gasteiger partial charge on any atom is -0.312 e. The lowest BCUT2D eigenvalue weighted by Crippen LogP contribution is -2.14. The number of nitro benzene ring substituents is 2. The summed E-state index contributed by atoms with van der Waals surface area (Å²) in [6.07, 6.45) is 0. The van der Waals surface area contributed by atoms with Gasteiger partial charge < -0.3 is 8.80 Å². The second-order valence-electron chi connectivity index (χ2n) is 15.5. The molecule has 0 fully saturated rings. The number of nitro groups is 2. The van der Waals surface area contributed by atoms with Gasteiger partial charge in [0, 0.05) is 66.7 Å². The van der Waals surface area contributed by atoms with Crippen LogP contribution in [-0.4, -0.2) is 18.6 Å². The van der Waals surface area contributed by atoms with Crippen LogP contribution < -0.4 is 0 Å². The highest BCUT2D eigenvalue weighted by Gasteiger charge is 2.31. The Morgan fingerprint density at radius 3 is 1.28 bits per heavy atom. The summed E-state index contributed by atoms with van der Waals surface area (Å²) in [6, 6.07) is 31.0. The smallest absolute Gasteiger partial charge is 0.277 e. The molecule has 0 saturated heterocycles. The molecule has 246 valence electrons. The highest BCUT2D eigenvalue weighted by Crippen LogP contribution is 2.49. The second-order valence-corrected chi connectivity index (χ2v) is 15.5. The molecule has 0 saturated carbocycles. The summed E-state index contributed by atoms with van der Waals surface area (Å²) in [5.41, 5.74) is 8.85. The van der Waals surface area contributed by atoms with Gasteiger partial charge in [-0.05, 0) is 47.5 Å². The molecule has 0 spiro atoms. The standard InChI is InChI=1S/C42H34N4O4/c1-41(2,3)35-19-23-15-17-27(25-11-7-9-13-31(25)45(47)48)37-29-21-30-34(22-33(29)43(35)39(23)37)44-36(42(4,5)6)20-24-16-18-28(38(30)40(24)44)26-12-8-10-14-32(26)46(49)50/h7-22H,1-6H3. The first-order valence-electron chi connectivity index (χ1n) is 16.8. The minimum atomic E-state index is -0.314. The predicted molar refractivity (Wildman–Crippen MR) is 202 cm³/mol. The first-order chi connectivity index (χ1) is 23.8. The van der Waals surface area contributed by atoms with E-state index < -0.39 is 0 Å². The van der Waals surface area contributed by atoms with Gasteiger partial charge in [0.25, 0.3) is 11.4 Å². The van der Waals surface area contributed by atoms with E-state index in [0.717, 1.165) is 76.9 Å². The molecular formula is C42H34N4O4. The van der Waals surface area contributed by atoms with Gasteiger partial charge in [0.15, 0.2) is 0 Å². The summed E-state index contributed by atoms with van der Waals surface area (Å²) >= 11 is 0. The Morgan fingerprint density at radius 1 is 0.500 bits per heavy atom. The van der Waals surface area contributed by atoms with E-state index in [1.54, 1.807) is 24.3 Å². The third kappa shape index (κ3) is 3.93. The molecule has 5 aromatic carbocycles. The average Bonchev–Trinajstić information content (AvgIpc) is 3.82. The second kappa shape index (κ2) is 9.79. The van der Waals surface area contributed by atoms with Gasteiger partial charge in [0.2, 0.25) is 0 Å².